The molecule has 5 nitrogen and oxygen atoms in total. The fourth-order valence-corrected chi connectivity index (χ4v) is 2.69. The van der Waals surface area contributed by atoms with Crippen molar-refractivity contribution in [2.24, 2.45) is 5.73 Å². The van der Waals surface area contributed by atoms with E-state index in [9.17, 15) is 4.39 Å². The maximum atomic E-state index is 13.2. The van der Waals surface area contributed by atoms with E-state index < -0.39 is 0 Å². The van der Waals surface area contributed by atoms with E-state index in [-0.39, 0.29) is 11.2 Å². The summed E-state index contributed by atoms with van der Waals surface area (Å²) in [6, 6.07) is 4.52. The van der Waals surface area contributed by atoms with Gasteiger partial charge in [-0.25, -0.2) is 4.39 Å². The van der Waals surface area contributed by atoms with Crippen molar-refractivity contribution in [1.29, 1.82) is 0 Å². The highest BCUT2D eigenvalue weighted by molar-refractivity contribution is 5.59. The van der Waals surface area contributed by atoms with Crippen LogP contribution in [-0.2, 0) is 10.2 Å². The molecule has 0 unspecified atom stereocenters. The molecule has 21 heavy (non-hydrogen) atoms. The summed E-state index contributed by atoms with van der Waals surface area (Å²) in [6.45, 7) is 3.55. The summed E-state index contributed by atoms with van der Waals surface area (Å²) >= 11 is 0. The molecule has 1 aliphatic rings. The van der Waals surface area contributed by atoms with Crippen LogP contribution in [0.15, 0.2) is 22.7 Å². The monoisotopic (exact) mass is 291 g/mol. The topological polar surface area (TPSA) is 74.2 Å². The first-order valence-electron chi connectivity index (χ1n) is 7.03. The molecule has 1 aromatic heterocycles. The van der Waals surface area contributed by atoms with Gasteiger partial charge in [0, 0.05) is 25.3 Å². The van der Waals surface area contributed by atoms with Crippen molar-refractivity contribution in [3.05, 3.63) is 35.5 Å². The largest absolute Gasteiger partial charge is 0.381 e. The van der Waals surface area contributed by atoms with Crippen LogP contribution in [0.3, 0.4) is 0 Å². The summed E-state index contributed by atoms with van der Waals surface area (Å²) in [5.41, 5.74) is 7.17. The number of hydrogen-bond donors (Lipinski definition) is 1. The number of hydrogen-bond acceptors (Lipinski definition) is 5. The van der Waals surface area contributed by atoms with Gasteiger partial charge in [0.25, 0.3) is 0 Å². The van der Waals surface area contributed by atoms with Gasteiger partial charge in [-0.2, -0.15) is 4.98 Å². The quantitative estimate of drug-likeness (QED) is 0.938. The Morgan fingerprint density at radius 3 is 2.76 bits per heavy atom. The molecule has 0 bridgehead atoms. The Morgan fingerprint density at radius 1 is 1.33 bits per heavy atom. The highest BCUT2D eigenvalue weighted by Crippen LogP contribution is 2.34. The summed E-state index contributed by atoms with van der Waals surface area (Å²) in [5.74, 6) is 0.747. The highest BCUT2D eigenvalue weighted by Gasteiger charge is 2.38. The van der Waals surface area contributed by atoms with Crippen LogP contribution in [0.25, 0.3) is 11.4 Å². The van der Waals surface area contributed by atoms with E-state index in [1.807, 2.05) is 6.92 Å². The third-order valence-electron chi connectivity index (χ3n) is 4.15. The minimum absolute atomic E-state index is 0.275. The first kappa shape index (κ1) is 14.2. The Bertz CT molecular complexity index is 636. The van der Waals surface area contributed by atoms with Crippen LogP contribution in [0.2, 0.25) is 0 Å². The number of aromatic nitrogens is 2. The van der Waals surface area contributed by atoms with Crippen LogP contribution in [0.1, 0.15) is 24.3 Å². The van der Waals surface area contributed by atoms with Gasteiger partial charge in [0.2, 0.25) is 11.7 Å². The lowest BCUT2D eigenvalue weighted by atomic mass is 9.80. The molecule has 6 heteroatoms. The van der Waals surface area contributed by atoms with Crippen molar-refractivity contribution >= 4 is 0 Å². The third-order valence-corrected chi connectivity index (χ3v) is 4.15. The molecule has 2 N–H and O–H groups in total. The summed E-state index contributed by atoms with van der Waals surface area (Å²) in [5, 5.41) is 4.04. The third kappa shape index (κ3) is 2.56. The van der Waals surface area contributed by atoms with Crippen LogP contribution >= 0.6 is 0 Å². The summed E-state index contributed by atoms with van der Waals surface area (Å²) in [4.78, 5) is 4.50. The number of halogens is 1. The molecule has 0 aliphatic carbocycles. The average Bonchev–Trinajstić information content (AvgIpc) is 2.98. The Balaban J connectivity index is 1.95. The Labute approximate surface area is 122 Å². The van der Waals surface area contributed by atoms with Crippen molar-refractivity contribution in [2.45, 2.75) is 25.2 Å². The average molecular weight is 291 g/mol. The van der Waals surface area contributed by atoms with Gasteiger partial charge < -0.3 is 15.0 Å². The van der Waals surface area contributed by atoms with Crippen molar-refractivity contribution in [3.8, 4) is 11.4 Å². The van der Waals surface area contributed by atoms with Crippen molar-refractivity contribution < 1.29 is 13.7 Å². The van der Waals surface area contributed by atoms with E-state index in [1.165, 1.54) is 12.1 Å². The molecule has 1 saturated heterocycles. The fraction of sp³-hybridized carbons (Fsp3) is 0.467. The number of benzene rings is 1. The predicted octanol–water partition coefficient (Wildman–Crippen LogP) is 2.19. The predicted molar refractivity (Wildman–Crippen MR) is 75.2 cm³/mol. The summed E-state index contributed by atoms with van der Waals surface area (Å²) < 4.78 is 24.0. The van der Waals surface area contributed by atoms with Gasteiger partial charge in [-0.3, -0.25) is 0 Å². The number of ether oxygens (including phenoxy) is 1. The maximum Gasteiger partial charge on any atom is 0.234 e. The first-order chi connectivity index (χ1) is 10.1. The molecule has 2 aromatic rings. The second kappa shape index (κ2) is 5.54. The van der Waals surface area contributed by atoms with Gasteiger partial charge in [0.15, 0.2) is 0 Å². The van der Waals surface area contributed by atoms with E-state index in [2.05, 4.69) is 10.1 Å². The minimum atomic E-state index is -0.308. The smallest absolute Gasteiger partial charge is 0.234 e. The summed E-state index contributed by atoms with van der Waals surface area (Å²) in [6.07, 6.45) is 1.54. The molecule has 0 atom stereocenters. The van der Waals surface area contributed by atoms with Crippen LogP contribution < -0.4 is 5.73 Å². The molecule has 0 radical (unpaired) electrons. The molecule has 0 spiro atoms. The molecule has 2 heterocycles. The number of nitrogens with two attached hydrogens (primary N) is 1. The summed E-state index contributed by atoms with van der Waals surface area (Å²) in [7, 11) is 0. The molecule has 112 valence electrons. The van der Waals surface area contributed by atoms with Gasteiger partial charge in [-0.1, -0.05) is 5.16 Å². The first-order valence-corrected chi connectivity index (χ1v) is 7.03. The van der Waals surface area contributed by atoms with E-state index in [1.54, 1.807) is 6.07 Å². The second-order valence-electron chi connectivity index (χ2n) is 5.48. The second-order valence-corrected chi connectivity index (χ2v) is 5.48. The van der Waals surface area contributed by atoms with Gasteiger partial charge in [0.1, 0.15) is 5.82 Å². The van der Waals surface area contributed by atoms with Gasteiger partial charge in [-0.15, -0.1) is 0 Å². The lowest BCUT2D eigenvalue weighted by Crippen LogP contribution is -2.40. The van der Waals surface area contributed by atoms with E-state index in [4.69, 9.17) is 15.0 Å². The molecule has 1 aromatic carbocycles. The van der Waals surface area contributed by atoms with E-state index >= 15 is 0 Å². The molecular weight excluding hydrogens is 273 g/mol. The molecule has 0 saturated carbocycles. The molecule has 1 fully saturated rings. The molecule has 3 rings (SSSR count). The fourth-order valence-electron chi connectivity index (χ4n) is 2.69. The number of rotatable bonds is 3. The van der Waals surface area contributed by atoms with Crippen LogP contribution in [-0.4, -0.2) is 29.9 Å². The van der Waals surface area contributed by atoms with Crippen molar-refractivity contribution in [3.63, 3.8) is 0 Å². The normalized spacial score (nSPS) is 17.9. The zero-order valence-corrected chi connectivity index (χ0v) is 11.9. The van der Waals surface area contributed by atoms with E-state index in [0.717, 1.165) is 24.0 Å². The SMILES string of the molecule is Cc1cc(F)ccc1-c1noc(C2(CN)CCOCC2)n1. The zero-order chi connectivity index (χ0) is 14.9. The van der Waals surface area contributed by atoms with Crippen molar-refractivity contribution in [2.75, 3.05) is 19.8 Å². The van der Waals surface area contributed by atoms with Crippen molar-refractivity contribution in [1.82, 2.24) is 10.1 Å². The number of aryl methyl sites for hydroxylation is 1. The Morgan fingerprint density at radius 2 is 2.10 bits per heavy atom. The van der Waals surface area contributed by atoms with Crippen LogP contribution in [0, 0.1) is 12.7 Å². The van der Waals surface area contributed by atoms with E-state index in [0.29, 0.717) is 31.5 Å². The molecule has 1 aliphatic heterocycles. The highest BCUT2D eigenvalue weighted by atomic mass is 19.1. The van der Waals surface area contributed by atoms with Crippen LogP contribution in [0.4, 0.5) is 4.39 Å². The van der Waals surface area contributed by atoms with Gasteiger partial charge >= 0.3 is 0 Å². The van der Waals surface area contributed by atoms with Gasteiger partial charge in [0.05, 0.1) is 5.41 Å². The minimum Gasteiger partial charge on any atom is -0.381 e. The maximum absolute atomic E-state index is 13.2. The zero-order valence-electron chi connectivity index (χ0n) is 11.9. The Kier molecular flexibility index (Phi) is 3.73. The Hall–Kier alpha value is -1.79. The van der Waals surface area contributed by atoms with Crippen LogP contribution in [0.5, 0.6) is 0 Å². The van der Waals surface area contributed by atoms with Gasteiger partial charge in [-0.05, 0) is 43.5 Å². The standard InChI is InChI=1S/C15H18FN3O2/c1-10-8-11(16)2-3-12(10)13-18-14(21-19-13)15(9-17)4-6-20-7-5-15/h2-3,8H,4-7,9,17H2,1H3. The molecular formula is C15H18FN3O2. The lowest BCUT2D eigenvalue weighted by Gasteiger charge is -2.32. The lowest BCUT2D eigenvalue weighted by molar-refractivity contribution is 0.0409. The number of nitrogens with zero attached hydrogens (tertiary/aromatic N) is 2. The molecule has 0 amide bonds.